The van der Waals surface area contributed by atoms with Crippen LogP contribution in [-0.2, 0) is 16.6 Å². The molecule has 0 aliphatic heterocycles. The molecule has 1 N–H and O–H groups in total. The molecule has 2 aromatic carbocycles. The van der Waals surface area contributed by atoms with Crippen LogP contribution in [0, 0.1) is 0 Å². The summed E-state index contributed by atoms with van der Waals surface area (Å²) in [5.74, 6) is 0.187. The Bertz CT molecular complexity index is 1300. The van der Waals surface area contributed by atoms with Gasteiger partial charge in [-0.25, -0.2) is 13.1 Å². The van der Waals surface area contributed by atoms with Crippen LogP contribution in [0.25, 0.3) is 0 Å². The molecule has 3 aromatic rings. The third kappa shape index (κ3) is 5.70. The van der Waals surface area contributed by atoms with E-state index >= 15 is 0 Å². The van der Waals surface area contributed by atoms with E-state index in [-0.39, 0.29) is 27.6 Å². The van der Waals surface area contributed by atoms with Gasteiger partial charge in [-0.1, -0.05) is 39.0 Å². The number of nitrogens with zero attached hydrogens (tertiary/aromatic N) is 3. The van der Waals surface area contributed by atoms with Gasteiger partial charge in [0.1, 0.15) is 11.4 Å². The summed E-state index contributed by atoms with van der Waals surface area (Å²) in [5, 5.41) is 6.82. The summed E-state index contributed by atoms with van der Waals surface area (Å²) < 4.78 is 34.6. The van der Waals surface area contributed by atoms with Crippen molar-refractivity contribution in [1.29, 1.82) is 0 Å². The van der Waals surface area contributed by atoms with Crippen molar-refractivity contribution in [2.24, 2.45) is 0 Å². The molecule has 1 heterocycles. The number of amides is 1. The van der Waals surface area contributed by atoms with Crippen LogP contribution in [0.2, 0.25) is 0 Å². The molecule has 0 aliphatic rings. The Kier molecular flexibility index (Phi) is 8.19. The molecule has 0 atom stereocenters. The second-order valence-electron chi connectivity index (χ2n) is 7.40. The minimum Gasteiger partial charge on any atom is -0.455 e. The van der Waals surface area contributed by atoms with Crippen LogP contribution in [0.1, 0.15) is 37.7 Å². The first-order chi connectivity index (χ1) is 16.3. The molecule has 1 aromatic heterocycles. The van der Waals surface area contributed by atoms with Crippen molar-refractivity contribution in [2.45, 2.75) is 38.6 Å². The highest BCUT2D eigenvalue weighted by molar-refractivity contribution is 7.89. The summed E-state index contributed by atoms with van der Waals surface area (Å²) in [7, 11) is -3.77. The van der Waals surface area contributed by atoms with Gasteiger partial charge in [0.05, 0.1) is 10.6 Å². The Morgan fingerprint density at radius 1 is 1.03 bits per heavy atom. The maximum atomic E-state index is 13.0. The van der Waals surface area contributed by atoms with E-state index in [9.17, 15) is 18.0 Å². The lowest BCUT2D eigenvalue weighted by molar-refractivity contribution is 0.101. The zero-order valence-electron chi connectivity index (χ0n) is 19.4. The molecule has 9 nitrogen and oxygen atoms in total. The lowest BCUT2D eigenvalue weighted by Gasteiger charge is -2.20. The highest BCUT2D eigenvalue weighted by atomic mass is 32.2. The van der Waals surface area contributed by atoms with Crippen LogP contribution in [0.15, 0.2) is 70.4 Å². The number of ether oxygens (including phenoxy) is 1. The van der Waals surface area contributed by atoms with Gasteiger partial charge in [-0.15, -0.1) is 0 Å². The Morgan fingerprint density at radius 2 is 1.74 bits per heavy atom. The van der Waals surface area contributed by atoms with E-state index in [2.05, 4.69) is 10.4 Å². The average Bonchev–Trinajstić information content (AvgIpc) is 2.83. The first-order valence-corrected chi connectivity index (χ1v) is 12.5. The number of hydrogen-bond donors (Lipinski definition) is 1. The Morgan fingerprint density at radius 3 is 2.38 bits per heavy atom. The van der Waals surface area contributed by atoms with E-state index < -0.39 is 15.9 Å². The van der Waals surface area contributed by atoms with Crippen molar-refractivity contribution < 1.29 is 17.9 Å². The van der Waals surface area contributed by atoms with Crippen molar-refractivity contribution in [1.82, 2.24) is 14.1 Å². The molecule has 0 spiro atoms. The van der Waals surface area contributed by atoms with Crippen molar-refractivity contribution >= 4 is 21.6 Å². The summed E-state index contributed by atoms with van der Waals surface area (Å²) >= 11 is 0. The van der Waals surface area contributed by atoms with Gasteiger partial charge in [0, 0.05) is 25.7 Å². The zero-order chi connectivity index (χ0) is 24.7. The fourth-order valence-corrected chi connectivity index (χ4v) is 4.80. The molecule has 180 valence electrons. The quantitative estimate of drug-likeness (QED) is 0.469. The van der Waals surface area contributed by atoms with Crippen LogP contribution < -0.4 is 15.6 Å². The number of para-hydroxylation sites is 1. The Labute approximate surface area is 199 Å². The topological polar surface area (TPSA) is 111 Å². The molecular formula is C24H28N4O5S. The number of carbonyl (C=O) groups excluding carboxylic acids is 1. The predicted molar refractivity (Wildman–Crippen MR) is 130 cm³/mol. The second-order valence-corrected chi connectivity index (χ2v) is 9.33. The van der Waals surface area contributed by atoms with Gasteiger partial charge >= 0.3 is 0 Å². The van der Waals surface area contributed by atoms with Gasteiger partial charge in [-0.2, -0.15) is 9.40 Å². The number of rotatable bonds is 10. The summed E-state index contributed by atoms with van der Waals surface area (Å²) in [6.07, 6.45) is 0.679. The third-order valence-corrected chi connectivity index (χ3v) is 7.09. The summed E-state index contributed by atoms with van der Waals surface area (Å²) in [6, 6.07) is 15.9. The number of aryl methyl sites for hydroxylation is 1. The van der Waals surface area contributed by atoms with Crippen LogP contribution in [0.4, 0.5) is 5.69 Å². The summed E-state index contributed by atoms with van der Waals surface area (Å²) in [5.41, 5.74) is -0.119. The minimum absolute atomic E-state index is 0.0238. The number of benzene rings is 2. The summed E-state index contributed by atoms with van der Waals surface area (Å²) in [4.78, 5) is 25.0. The molecule has 0 saturated carbocycles. The van der Waals surface area contributed by atoms with Crippen LogP contribution >= 0.6 is 0 Å². The molecule has 10 heteroatoms. The molecule has 0 saturated heterocycles. The van der Waals surface area contributed by atoms with Gasteiger partial charge in [0.15, 0.2) is 5.75 Å². The van der Waals surface area contributed by atoms with E-state index in [0.717, 1.165) is 0 Å². The molecule has 3 rings (SSSR count). The lowest BCUT2D eigenvalue weighted by atomic mass is 10.2. The average molecular weight is 485 g/mol. The molecular weight excluding hydrogens is 456 g/mol. The number of hydrogen-bond acceptors (Lipinski definition) is 6. The smallest absolute Gasteiger partial charge is 0.276 e. The maximum Gasteiger partial charge on any atom is 0.276 e. The Balaban J connectivity index is 2.02. The van der Waals surface area contributed by atoms with E-state index in [1.165, 1.54) is 39.3 Å². The van der Waals surface area contributed by atoms with E-state index in [4.69, 9.17) is 4.74 Å². The van der Waals surface area contributed by atoms with Crippen molar-refractivity contribution in [3.63, 3.8) is 0 Å². The number of sulfonamides is 1. The maximum absolute atomic E-state index is 13.0. The second kappa shape index (κ2) is 11.1. The predicted octanol–water partition coefficient (Wildman–Crippen LogP) is 3.73. The van der Waals surface area contributed by atoms with Crippen LogP contribution in [-0.4, -0.2) is 41.5 Å². The zero-order valence-corrected chi connectivity index (χ0v) is 20.2. The van der Waals surface area contributed by atoms with Gasteiger partial charge in [-0.05, 0) is 42.8 Å². The molecule has 0 fully saturated rings. The first-order valence-electron chi connectivity index (χ1n) is 11.1. The fraction of sp³-hybridized carbons (Fsp3) is 0.292. The summed E-state index contributed by atoms with van der Waals surface area (Å²) in [6.45, 7) is 6.41. The number of carbonyl (C=O) groups is 1. The van der Waals surface area contributed by atoms with Crippen molar-refractivity contribution in [3.8, 4) is 11.5 Å². The highest BCUT2D eigenvalue weighted by Crippen LogP contribution is 2.33. The number of nitrogens with one attached hydrogen (secondary N) is 1. The normalized spacial score (nSPS) is 11.4. The van der Waals surface area contributed by atoms with Gasteiger partial charge in [0.25, 0.3) is 11.5 Å². The SMILES string of the molecule is CCCn1nc(C(=O)Nc2cc(S(=O)(=O)N(CC)CC)ccc2Oc2ccccc2)ccc1=O. The van der Waals surface area contributed by atoms with Gasteiger partial charge in [0.2, 0.25) is 10.0 Å². The lowest BCUT2D eigenvalue weighted by Crippen LogP contribution is -2.30. The van der Waals surface area contributed by atoms with Crippen molar-refractivity contribution in [2.75, 3.05) is 18.4 Å². The third-order valence-electron chi connectivity index (χ3n) is 5.05. The standard InChI is InChI=1S/C24H28N4O5S/c1-4-16-28-23(29)15-13-20(26-28)24(30)25-21-17-19(34(31,32)27(5-2)6-3)12-14-22(21)33-18-10-8-7-9-11-18/h7-15,17H,4-6,16H2,1-3H3,(H,25,30). The Hall–Kier alpha value is -3.50. The monoisotopic (exact) mass is 484 g/mol. The van der Waals surface area contributed by atoms with E-state index in [0.29, 0.717) is 31.8 Å². The molecule has 0 unspecified atom stereocenters. The first kappa shape index (κ1) is 25.1. The van der Waals surface area contributed by atoms with Gasteiger partial charge < -0.3 is 10.1 Å². The van der Waals surface area contributed by atoms with Crippen LogP contribution in [0.3, 0.4) is 0 Å². The number of anilines is 1. The van der Waals surface area contributed by atoms with E-state index in [1.54, 1.807) is 38.1 Å². The fourth-order valence-electron chi connectivity index (χ4n) is 3.31. The molecule has 34 heavy (non-hydrogen) atoms. The van der Waals surface area contributed by atoms with Crippen molar-refractivity contribution in [3.05, 3.63) is 76.7 Å². The highest BCUT2D eigenvalue weighted by Gasteiger charge is 2.24. The number of aromatic nitrogens is 2. The van der Waals surface area contributed by atoms with E-state index in [1.807, 2.05) is 13.0 Å². The largest absolute Gasteiger partial charge is 0.455 e. The van der Waals surface area contributed by atoms with Gasteiger partial charge in [-0.3, -0.25) is 9.59 Å². The minimum atomic E-state index is -3.77. The molecule has 0 radical (unpaired) electrons. The molecule has 0 aliphatic carbocycles. The molecule has 0 bridgehead atoms. The molecule has 1 amide bonds. The van der Waals surface area contributed by atoms with Crippen LogP contribution in [0.5, 0.6) is 11.5 Å².